The maximum atomic E-state index is 5.70. The van der Waals surface area contributed by atoms with Crippen LogP contribution in [-0.2, 0) is 16.0 Å². The van der Waals surface area contributed by atoms with Crippen LogP contribution in [0.3, 0.4) is 0 Å². The van der Waals surface area contributed by atoms with Crippen molar-refractivity contribution in [2.24, 2.45) is 16.8 Å². The van der Waals surface area contributed by atoms with E-state index in [2.05, 4.69) is 28.2 Å². The molecule has 164 valence electrons. The lowest BCUT2D eigenvalue weighted by Gasteiger charge is -2.21. The van der Waals surface area contributed by atoms with Crippen molar-refractivity contribution >= 4 is 29.9 Å². The number of likely N-dealkylation sites (tertiary alicyclic amines) is 1. The van der Waals surface area contributed by atoms with Gasteiger partial charge >= 0.3 is 0 Å². The average molecular weight is 518 g/mol. The minimum absolute atomic E-state index is 0. The van der Waals surface area contributed by atoms with Crippen LogP contribution >= 0.6 is 24.0 Å². The summed E-state index contributed by atoms with van der Waals surface area (Å²) >= 11 is 0. The first-order valence-electron chi connectivity index (χ1n) is 10.5. The van der Waals surface area contributed by atoms with Gasteiger partial charge in [0.2, 0.25) is 5.88 Å². The number of ether oxygens (including phenoxy) is 3. The third-order valence-corrected chi connectivity index (χ3v) is 5.08. The predicted molar refractivity (Wildman–Crippen MR) is 125 cm³/mol. The fraction of sp³-hybridized carbons (Fsp3) is 0.714. The number of pyridine rings is 1. The lowest BCUT2D eigenvalue weighted by molar-refractivity contribution is 0.0536. The Morgan fingerprint density at radius 1 is 1.21 bits per heavy atom. The first kappa shape index (κ1) is 24.1. The van der Waals surface area contributed by atoms with Crippen molar-refractivity contribution in [1.29, 1.82) is 0 Å². The van der Waals surface area contributed by atoms with Crippen molar-refractivity contribution in [1.82, 2.24) is 15.2 Å². The molecule has 1 N–H and O–H groups in total. The lowest BCUT2D eigenvalue weighted by Crippen LogP contribution is -2.40. The van der Waals surface area contributed by atoms with Crippen molar-refractivity contribution in [2.45, 2.75) is 32.7 Å². The standard InChI is InChI=1S/C21H34N4O3.HI/c1-3-22-21(25-9-8-19(14-25)15-27-11-10-26-2)24-13-18-6-7-20(23-12-18)28-16-17-4-5-17;/h6-7,12,17,19H,3-5,8-11,13-16H2,1-2H3,(H,22,24);1H. The smallest absolute Gasteiger partial charge is 0.213 e. The fourth-order valence-corrected chi connectivity index (χ4v) is 3.22. The van der Waals surface area contributed by atoms with Crippen molar-refractivity contribution in [3.05, 3.63) is 23.9 Å². The molecule has 1 aromatic rings. The minimum atomic E-state index is 0. The van der Waals surface area contributed by atoms with Gasteiger partial charge in [-0.1, -0.05) is 6.07 Å². The minimum Gasteiger partial charge on any atom is -0.477 e. The summed E-state index contributed by atoms with van der Waals surface area (Å²) in [6.45, 7) is 8.45. The van der Waals surface area contributed by atoms with Gasteiger partial charge in [-0.3, -0.25) is 0 Å². The van der Waals surface area contributed by atoms with Crippen LogP contribution < -0.4 is 10.1 Å². The molecule has 2 fully saturated rings. The van der Waals surface area contributed by atoms with Crippen LogP contribution in [0.5, 0.6) is 5.88 Å². The monoisotopic (exact) mass is 518 g/mol. The molecule has 1 aromatic heterocycles. The summed E-state index contributed by atoms with van der Waals surface area (Å²) in [5.41, 5.74) is 1.09. The summed E-state index contributed by atoms with van der Waals surface area (Å²) in [6.07, 6.45) is 5.57. The molecule has 1 aliphatic heterocycles. The number of guanidine groups is 1. The first-order valence-corrected chi connectivity index (χ1v) is 10.5. The molecule has 1 saturated carbocycles. The van der Waals surface area contributed by atoms with E-state index in [4.69, 9.17) is 19.2 Å². The zero-order chi connectivity index (χ0) is 19.6. The molecule has 0 radical (unpaired) electrons. The molecule has 3 rings (SSSR count). The van der Waals surface area contributed by atoms with Gasteiger partial charge in [-0.05, 0) is 37.7 Å². The maximum Gasteiger partial charge on any atom is 0.213 e. The van der Waals surface area contributed by atoms with E-state index in [1.54, 1.807) is 7.11 Å². The van der Waals surface area contributed by atoms with Gasteiger partial charge in [0, 0.05) is 44.9 Å². The SMILES string of the molecule is CCNC(=NCc1ccc(OCC2CC2)nc1)N1CCC(COCCOC)C1.I. The van der Waals surface area contributed by atoms with Gasteiger partial charge in [-0.2, -0.15) is 0 Å². The number of methoxy groups -OCH3 is 1. The third-order valence-electron chi connectivity index (χ3n) is 5.08. The summed E-state index contributed by atoms with van der Waals surface area (Å²) in [5.74, 6) is 2.96. The Balaban J connectivity index is 0.00000300. The summed E-state index contributed by atoms with van der Waals surface area (Å²) in [5, 5.41) is 3.41. The number of hydrogen-bond donors (Lipinski definition) is 1. The molecule has 2 heterocycles. The second-order valence-corrected chi connectivity index (χ2v) is 7.60. The van der Waals surface area contributed by atoms with E-state index >= 15 is 0 Å². The highest BCUT2D eigenvalue weighted by Gasteiger charge is 2.25. The molecular weight excluding hydrogens is 483 g/mol. The van der Waals surface area contributed by atoms with Crippen LogP contribution in [0.15, 0.2) is 23.3 Å². The van der Waals surface area contributed by atoms with E-state index in [0.717, 1.165) is 56.7 Å². The molecule has 1 saturated heterocycles. The highest BCUT2D eigenvalue weighted by atomic mass is 127. The third kappa shape index (κ3) is 8.64. The zero-order valence-electron chi connectivity index (χ0n) is 17.6. The van der Waals surface area contributed by atoms with Crippen molar-refractivity contribution in [3.63, 3.8) is 0 Å². The topological polar surface area (TPSA) is 68.2 Å². The van der Waals surface area contributed by atoms with Crippen LogP contribution in [0.4, 0.5) is 0 Å². The van der Waals surface area contributed by atoms with E-state index in [0.29, 0.717) is 31.6 Å². The van der Waals surface area contributed by atoms with E-state index in [-0.39, 0.29) is 24.0 Å². The average Bonchev–Trinajstić information content (AvgIpc) is 3.44. The quantitative estimate of drug-likeness (QED) is 0.210. The highest BCUT2D eigenvalue weighted by molar-refractivity contribution is 14.0. The number of rotatable bonds is 11. The van der Waals surface area contributed by atoms with Gasteiger partial charge in [-0.25, -0.2) is 9.98 Å². The van der Waals surface area contributed by atoms with Crippen molar-refractivity contribution in [3.8, 4) is 5.88 Å². The Labute approximate surface area is 191 Å². The van der Waals surface area contributed by atoms with Crippen LogP contribution in [-0.4, -0.2) is 69.0 Å². The number of aromatic nitrogens is 1. The molecule has 1 unspecified atom stereocenters. The van der Waals surface area contributed by atoms with Gasteiger partial charge in [-0.15, -0.1) is 24.0 Å². The second kappa shape index (κ2) is 13.2. The van der Waals surface area contributed by atoms with Crippen LogP contribution in [0, 0.1) is 11.8 Å². The summed E-state index contributed by atoms with van der Waals surface area (Å²) in [4.78, 5) is 11.5. The van der Waals surface area contributed by atoms with Gasteiger partial charge in [0.15, 0.2) is 5.96 Å². The molecule has 2 aliphatic rings. The predicted octanol–water partition coefficient (Wildman–Crippen LogP) is 2.94. The van der Waals surface area contributed by atoms with Crippen molar-refractivity contribution < 1.29 is 14.2 Å². The molecule has 29 heavy (non-hydrogen) atoms. The van der Waals surface area contributed by atoms with Gasteiger partial charge in [0.05, 0.1) is 33.0 Å². The van der Waals surface area contributed by atoms with Crippen molar-refractivity contribution in [2.75, 3.05) is 53.2 Å². The summed E-state index contributed by atoms with van der Waals surface area (Å²) in [7, 11) is 1.70. The summed E-state index contributed by atoms with van der Waals surface area (Å²) < 4.78 is 16.4. The number of halogens is 1. The summed E-state index contributed by atoms with van der Waals surface area (Å²) in [6, 6.07) is 4.00. The van der Waals surface area contributed by atoms with Gasteiger partial charge < -0.3 is 24.4 Å². The van der Waals surface area contributed by atoms with E-state index < -0.39 is 0 Å². The number of nitrogens with one attached hydrogen (secondary N) is 1. The van der Waals surface area contributed by atoms with E-state index in [9.17, 15) is 0 Å². The van der Waals surface area contributed by atoms with Crippen LogP contribution in [0.2, 0.25) is 0 Å². The van der Waals surface area contributed by atoms with Crippen LogP contribution in [0.25, 0.3) is 0 Å². The Morgan fingerprint density at radius 2 is 2.07 bits per heavy atom. The lowest BCUT2D eigenvalue weighted by atomic mass is 10.1. The Kier molecular flexibility index (Phi) is 11.0. The largest absolute Gasteiger partial charge is 0.477 e. The van der Waals surface area contributed by atoms with Gasteiger partial charge in [0.1, 0.15) is 0 Å². The number of nitrogens with zero attached hydrogens (tertiary/aromatic N) is 3. The first-order chi connectivity index (χ1) is 13.8. The molecule has 0 bridgehead atoms. The molecule has 0 spiro atoms. The molecule has 8 heteroatoms. The molecule has 0 aromatic carbocycles. The number of aliphatic imine (C=N–C) groups is 1. The molecule has 7 nitrogen and oxygen atoms in total. The zero-order valence-corrected chi connectivity index (χ0v) is 20.0. The Hall–Kier alpha value is -1.13. The number of hydrogen-bond acceptors (Lipinski definition) is 5. The Morgan fingerprint density at radius 3 is 2.76 bits per heavy atom. The Bertz CT molecular complexity index is 610. The normalized spacial score (nSPS) is 19.2. The van der Waals surface area contributed by atoms with E-state index in [1.165, 1.54) is 12.8 Å². The fourth-order valence-electron chi connectivity index (χ4n) is 3.22. The van der Waals surface area contributed by atoms with Gasteiger partial charge in [0.25, 0.3) is 0 Å². The maximum absolute atomic E-state index is 5.70. The molecule has 1 atom stereocenters. The molecule has 0 amide bonds. The second-order valence-electron chi connectivity index (χ2n) is 7.60. The van der Waals surface area contributed by atoms with E-state index in [1.807, 2.05) is 12.3 Å². The highest BCUT2D eigenvalue weighted by Crippen LogP contribution is 2.29. The molecular formula is C21H35IN4O3. The molecule has 1 aliphatic carbocycles. The van der Waals surface area contributed by atoms with Crippen LogP contribution in [0.1, 0.15) is 31.7 Å².